The lowest BCUT2D eigenvalue weighted by molar-refractivity contribution is 0.225. The van der Waals surface area contributed by atoms with Crippen LogP contribution in [-0.4, -0.2) is 32.1 Å². The van der Waals surface area contributed by atoms with Gasteiger partial charge in [0, 0.05) is 17.6 Å². The first-order chi connectivity index (χ1) is 10.2. The van der Waals surface area contributed by atoms with Crippen molar-refractivity contribution >= 4 is 11.6 Å². The van der Waals surface area contributed by atoms with Crippen molar-refractivity contribution in [2.24, 2.45) is 5.92 Å². The number of rotatable bonds is 7. The summed E-state index contributed by atoms with van der Waals surface area (Å²) in [6.07, 6.45) is 8.30. The Morgan fingerprint density at radius 3 is 2.48 bits per heavy atom. The lowest BCUT2D eigenvalue weighted by atomic mass is 9.89. The molecule has 2 rings (SSSR count). The third kappa shape index (κ3) is 5.61. The van der Waals surface area contributed by atoms with Crippen molar-refractivity contribution in [1.29, 1.82) is 0 Å². The van der Waals surface area contributed by atoms with Crippen LogP contribution in [0.2, 0.25) is 5.02 Å². The van der Waals surface area contributed by atoms with Gasteiger partial charge in [0.15, 0.2) is 0 Å². The third-order valence-electron chi connectivity index (χ3n) is 4.71. The summed E-state index contributed by atoms with van der Waals surface area (Å²) < 4.78 is 0. The second kappa shape index (κ2) is 8.77. The van der Waals surface area contributed by atoms with E-state index in [1.165, 1.54) is 44.2 Å². The molecule has 0 heterocycles. The molecule has 118 valence electrons. The molecular weight excluding hydrogens is 280 g/mol. The SMILES string of the molecule is CNC(CCN(C)CC1CCCCC1)c1ccc(Cl)cc1. The van der Waals surface area contributed by atoms with Crippen molar-refractivity contribution < 1.29 is 0 Å². The molecule has 0 radical (unpaired) electrons. The predicted octanol–water partition coefficient (Wildman–Crippen LogP) is 4.50. The van der Waals surface area contributed by atoms with Gasteiger partial charge in [-0.25, -0.2) is 0 Å². The molecule has 2 nitrogen and oxygen atoms in total. The summed E-state index contributed by atoms with van der Waals surface area (Å²) in [4.78, 5) is 2.51. The second-order valence-electron chi connectivity index (χ2n) is 6.45. The van der Waals surface area contributed by atoms with Crippen molar-refractivity contribution in [2.75, 3.05) is 27.2 Å². The van der Waals surface area contributed by atoms with Gasteiger partial charge in [0.2, 0.25) is 0 Å². The highest BCUT2D eigenvalue weighted by atomic mass is 35.5. The van der Waals surface area contributed by atoms with Crippen LogP contribution in [0.3, 0.4) is 0 Å². The Morgan fingerprint density at radius 2 is 1.86 bits per heavy atom. The van der Waals surface area contributed by atoms with Crippen molar-refractivity contribution in [3.63, 3.8) is 0 Å². The van der Waals surface area contributed by atoms with E-state index in [2.05, 4.69) is 29.4 Å². The predicted molar refractivity (Wildman–Crippen MR) is 91.9 cm³/mol. The normalized spacial score (nSPS) is 18.1. The van der Waals surface area contributed by atoms with E-state index in [0.717, 1.165) is 23.9 Å². The van der Waals surface area contributed by atoms with E-state index in [1.807, 2.05) is 19.2 Å². The molecule has 0 aliphatic heterocycles. The molecule has 0 bridgehead atoms. The number of hydrogen-bond donors (Lipinski definition) is 1. The van der Waals surface area contributed by atoms with Crippen LogP contribution in [0.5, 0.6) is 0 Å². The molecule has 1 aromatic carbocycles. The molecule has 1 fully saturated rings. The Bertz CT molecular complexity index is 398. The monoisotopic (exact) mass is 308 g/mol. The van der Waals surface area contributed by atoms with Gasteiger partial charge in [0.1, 0.15) is 0 Å². The number of benzene rings is 1. The standard InChI is InChI=1S/C18H29ClN2/c1-20-18(16-8-10-17(19)11-9-16)12-13-21(2)14-15-6-4-3-5-7-15/h8-11,15,18,20H,3-7,12-14H2,1-2H3. The molecule has 0 spiro atoms. The van der Waals surface area contributed by atoms with Crippen molar-refractivity contribution in [2.45, 2.75) is 44.6 Å². The zero-order valence-corrected chi connectivity index (χ0v) is 14.2. The van der Waals surface area contributed by atoms with Crippen LogP contribution in [0.15, 0.2) is 24.3 Å². The van der Waals surface area contributed by atoms with Crippen LogP contribution >= 0.6 is 11.6 Å². The molecular formula is C18H29ClN2. The van der Waals surface area contributed by atoms with Crippen molar-refractivity contribution in [3.8, 4) is 0 Å². The van der Waals surface area contributed by atoms with Crippen molar-refractivity contribution in [3.05, 3.63) is 34.9 Å². The van der Waals surface area contributed by atoms with Gasteiger partial charge in [-0.1, -0.05) is 43.0 Å². The van der Waals surface area contributed by atoms with E-state index in [-0.39, 0.29) is 0 Å². The van der Waals surface area contributed by atoms with E-state index in [0.29, 0.717) is 6.04 Å². The molecule has 1 unspecified atom stereocenters. The molecule has 1 aromatic rings. The first kappa shape index (κ1) is 16.8. The largest absolute Gasteiger partial charge is 0.313 e. The Hall–Kier alpha value is -0.570. The summed E-state index contributed by atoms with van der Waals surface area (Å²) in [5.74, 6) is 0.923. The fourth-order valence-corrected chi connectivity index (χ4v) is 3.55. The van der Waals surface area contributed by atoms with Crippen LogP contribution in [0.25, 0.3) is 0 Å². The summed E-state index contributed by atoms with van der Waals surface area (Å²) in [7, 11) is 4.31. The molecule has 1 atom stereocenters. The number of hydrogen-bond acceptors (Lipinski definition) is 2. The Morgan fingerprint density at radius 1 is 1.19 bits per heavy atom. The fraction of sp³-hybridized carbons (Fsp3) is 0.667. The number of halogens is 1. The van der Waals surface area contributed by atoms with Gasteiger partial charge in [-0.05, 0) is 63.5 Å². The van der Waals surface area contributed by atoms with Gasteiger partial charge >= 0.3 is 0 Å². The van der Waals surface area contributed by atoms with Crippen LogP contribution < -0.4 is 5.32 Å². The highest BCUT2D eigenvalue weighted by molar-refractivity contribution is 6.30. The highest BCUT2D eigenvalue weighted by Crippen LogP contribution is 2.25. The summed E-state index contributed by atoms with van der Waals surface area (Å²) in [5.41, 5.74) is 1.33. The zero-order valence-electron chi connectivity index (χ0n) is 13.4. The Balaban J connectivity index is 1.77. The molecule has 1 aliphatic carbocycles. The first-order valence-electron chi connectivity index (χ1n) is 8.30. The topological polar surface area (TPSA) is 15.3 Å². The molecule has 1 saturated carbocycles. The van der Waals surface area contributed by atoms with Crippen LogP contribution in [-0.2, 0) is 0 Å². The number of nitrogens with zero attached hydrogens (tertiary/aromatic N) is 1. The molecule has 21 heavy (non-hydrogen) atoms. The van der Waals surface area contributed by atoms with Gasteiger partial charge in [0.25, 0.3) is 0 Å². The quantitative estimate of drug-likeness (QED) is 0.797. The minimum absolute atomic E-state index is 0.413. The molecule has 1 aliphatic rings. The summed E-state index contributed by atoms with van der Waals surface area (Å²) >= 11 is 5.97. The van der Waals surface area contributed by atoms with Gasteiger partial charge in [0.05, 0.1) is 0 Å². The summed E-state index contributed by atoms with van der Waals surface area (Å²) in [6, 6.07) is 8.63. The van der Waals surface area contributed by atoms with Gasteiger partial charge in [-0.3, -0.25) is 0 Å². The van der Waals surface area contributed by atoms with Gasteiger partial charge in [-0.15, -0.1) is 0 Å². The maximum atomic E-state index is 5.97. The van der Waals surface area contributed by atoms with Crippen molar-refractivity contribution in [1.82, 2.24) is 10.2 Å². The van der Waals surface area contributed by atoms with Crippen LogP contribution in [0.1, 0.15) is 50.1 Å². The van der Waals surface area contributed by atoms with Crippen LogP contribution in [0, 0.1) is 5.92 Å². The van der Waals surface area contributed by atoms with E-state index in [4.69, 9.17) is 11.6 Å². The fourth-order valence-electron chi connectivity index (χ4n) is 3.42. The molecule has 0 amide bonds. The smallest absolute Gasteiger partial charge is 0.0406 e. The Kier molecular flexibility index (Phi) is 7.01. The lowest BCUT2D eigenvalue weighted by Crippen LogP contribution is -2.30. The highest BCUT2D eigenvalue weighted by Gasteiger charge is 2.16. The molecule has 0 aromatic heterocycles. The third-order valence-corrected chi connectivity index (χ3v) is 4.97. The maximum absolute atomic E-state index is 5.97. The van der Waals surface area contributed by atoms with E-state index < -0.39 is 0 Å². The minimum atomic E-state index is 0.413. The first-order valence-corrected chi connectivity index (χ1v) is 8.68. The van der Waals surface area contributed by atoms with E-state index in [1.54, 1.807) is 0 Å². The summed E-state index contributed by atoms with van der Waals surface area (Å²) in [5, 5.41) is 4.24. The Labute approximate surface area is 134 Å². The maximum Gasteiger partial charge on any atom is 0.0406 e. The van der Waals surface area contributed by atoms with Gasteiger partial charge in [-0.2, -0.15) is 0 Å². The molecule has 0 saturated heterocycles. The second-order valence-corrected chi connectivity index (χ2v) is 6.88. The van der Waals surface area contributed by atoms with Crippen LogP contribution in [0.4, 0.5) is 0 Å². The van der Waals surface area contributed by atoms with E-state index >= 15 is 0 Å². The minimum Gasteiger partial charge on any atom is -0.313 e. The average molecular weight is 309 g/mol. The average Bonchev–Trinajstić information content (AvgIpc) is 2.50. The lowest BCUT2D eigenvalue weighted by Gasteiger charge is -2.28. The zero-order chi connectivity index (χ0) is 15.1. The number of nitrogens with one attached hydrogen (secondary N) is 1. The summed E-state index contributed by atoms with van der Waals surface area (Å²) in [6.45, 7) is 2.40. The van der Waals surface area contributed by atoms with Gasteiger partial charge < -0.3 is 10.2 Å². The molecule has 3 heteroatoms. The molecule has 1 N–H and O–H groups in total. The van der Waals surface area contributed by atoms with E-state index in [9.17, 15) is 0 Å².